The number of rotatable bonds is 2. The lowest BCUT2D eigenvalue weighted by atomic mass is 9.80. The van der Waals surface area contributed by atoms with E-state index < -0.39 is 17.4 Å². The third-order valence-electron chi connectivity index (χ3n) is 3.74. The van der Waals surface area contributed by atoms with Crippen LogP contribution in [0.2, 0.25) is 0 Å². The number of carbonyl (C=O) groups is 2. The lowest BCUT2D eigenvalue weighted by Crippen LogP contribution is -2.28. The van der Waals surface area contributed by atoms with Crippen LogP contribution in [0.15, 0.2) is 36.0 Å². The fraction of sp³-hybridized carbons (Fsp3) is 0.529. The highest BCUT2D eigenvalue weighted by atomic mass is 16.4. The molecule has 116 valence electrons. The summed E-state index contributed by atoms with van der Waals surface area (Å²) in [7, 11) is 0. The van der Waals surface area contributed by atoms with Crippen LogP contribution in [0.3, 0.4) is 0 Å². The van der Waals surface area contributed by atoms with Gasteiger partial charge in [0, 0.05) is 5.57 Å². The van der Waals surface area contributed by atoms with Crippen molar-refractivity contribution >= 4 is 11.9 Å². The van der Waals surface area contributed by atoms with Gasteiger partial charge in [-0.25, -0.2) is 4.79 Å². The molecule has 1 atom stereocenters. The van der Waals surface area contributed by atoms with Crippen molar-refractivity contribution in [1.29, 1.82) is 0 Å². The summed E-state index contributed by atoms with van der Waals surface area (Å²) < 4.78 is 0. The Morgan fingerprint density at radius 2 is 1.62 bits per heavy atom. The molecular weight excluding hydrogens is 268 g/mol. The summed E-state index contributed by atoms with van der Waals surface area (Å²) in [6.07, 6.45) is 17.4. The minimum Gasteiger partial charge on any atom is -0.481 e. The molecule has 0 spiro atoms. The van der Waals surface area contributed by atoms with Gasteiger partial charge in [-0.15, -0.1) is 0 Å². The van der Waals surface area contributed by atoms with E-state index in [2.05, 4.69) is 12.2 Å². The summed E-state index contributed by atoms with van der Waals surface area (Å²) in [5, 5.41) is 17.5. The Kier molecular flexibility index (Phi) is 6.92. The SMILES string of the molecule is C1=CCCCCCC1.CC1(C(=O)O)C=CC=C(C(=O)O)C1. The average Bonchev–Trinajstić information content (AvgIpc) is 2.38. The van der Waals surface area contributed by atoms with E-state index in [1.165, 1.54) is 63.7 Å². The number of carboxylic acids is 2. The molecule has 4 nitrogen and oxygen atoms in total. The smallest absolute Gasteiger partial charge is 0.331 e. The number of hydrogen-bond donors (Lipinski definition) is 2. The van der Waals surface area contributed by atoms with Crippen LogP contribution >= 0.6 is 0 Å². The number of allylic oxidation sites excluding steroid dienone is 4. The van der Waals surface area contributed by atoms with Crippen molar-refractivity contribution in [2.75, 3.05) is 0 Å². The quantitative estimate of drug-likeness (QED) is 0.756. The fourth-order valence-electron chi connectivity index (χ4n) is 2.30. The molecule has 2 aliphatic carbocycles. The van der Waals surface area contributed by atoms with Gasteiger partial charge in [-0.05, 0) is 39.0 Å². The van der Waals surface area contributed by atoms with Gasteiger partial charge in [0.2, 0.25) is 0 Å². The molecule has 0 heterocycles. The topological polar surface area (TPSA) is 74.6 Å². The zero-order chi connectivity index (χ0) is 15.7. The van der Waals surface area contributed by atoms with Crippen LogP contribution in [0.4, 0.5) is 0 Å². The molecule has 0 aromatic heterocycles. The third-order valence-corrected chi connectivity index (χ3v) is 3.74. The van der Waals surface area contributed by atoms with Gasteiger partial charge in [0.05, 0.1) is 5.41 Å². The molecular formula is C17H24O4. The molecule has 2 aliphatic rings. The first-order chi connectivity index (χ1) is 9.96. The van der Waals surface area contributed by atoms with Crippen molar-refractivity contribution in [3.05, 3.63) is 36.0 Å². The predicted octanol–water partition coefficient (Wildman–Crippen LogP) is 3.95. The number of carboxylic acid groups (broad SMARTS) is 2. The van der Waals surface area contributed by atoms with E-state index in [-0.39, 0.29) is 12.0 Å². The standard InChI is InChI=1S/C9H10O4.C8H14/c1-9(8(12)13)4-2-3-6(5-9)7(10)11;1-2-4-6-8-7-5-3-1/h2-4H,5H2,1H3,(H,10,11)(H,12,13);1-2H,3-8H2. The molecule has 0 aromatic carbocycles. The average molecular weight is 292 g/mol. The minimum absolute atomic E-state index is 0.0359. The van der Waals surface area contributed by atoms with Crippen molar-refractivity contribution in [3.63, 3.8) is 0 Å². The second kappa shape index (κ2) is 8.45. The van der Waals surface area contributed by atoms with Gasteiger partial charge in [-0.3, -0.25) is 4.79 Å². The molecule has 4 heteroatoms. The van der Waals surface area contributed by atoms with Crippen molar-refractivity contribution in [3.8, 4) is 0 Å². The summed E-state index contributed by atoms with van der Waals surface area (Å²) in [6.45, 7) is 1.50. The normalized spacial score (nSPS) is 24.9. The largest absolute Gasteiger partial charge is 0.481 e. The number of aliphatic carboxylic acids is 2. The molecule has 21 heavy (non-hydrogen) atoms. The van der Waals surface area contributed by atoms with E-state index >= 15 is 0 Å². The van der Waals surface area contributed by atoms with E-state index in [0.29, 0.717) is 0 Å². The molecule has 0 bridgehead atoms. The summed E-state index contributed by atoms with van der Waals surface area (Å²) in [6, 6.07) is 0. The Hall–Kier alpha value is -1.84. The molecule has 1 unspecified atom stereocenters. The monoisotopic (exact) mass is 292 g/mol. The molecule has 2 rings (SSSR count). The van der Waals surface area contributed by atoms with Crippen LogP contribution in [-0.2, 0) is 9.59 Å². The number of hydrogen-bond acceptors (Lipinski definition) is 2. The lowest BCUT2D eigenvalue weighted by Gasteiger charge is -2.23. The Labute approximate surface area is 125 Å². The van der Waals surface area contributed by atoms with Crippen LogP contribution in [0.5, 0.6) is 0 Å². The first-order valence-corrected chi connectivity index (χ1v) is 7.46. The van der Waals surface area contributed by atoms with Gasteiger partial charge in [-0.1, -0.05) is 43.2 Å². The van der Waals surface area contributed by atoms with Crippen LogP contribution < -0.4 is 0 Å². The Bertz CT molecular complexity index is 449. The molecule has 2 N–H and O–H groups in total. The fourth-order valence-corrected chi connectivity index (χ4v) is 2.30. The molecule has 0 saturated carbocycles. The van der Waals surface area contributed by atoms with Crippen LogP contribution in [0.25, 0.3) is 0 Å². The van der Waals surface area contributed by atoms with E-state index in [4.69, 9.17) is 10.2 Å². The van der Waals surface area contributed by atoms with Crippen LogP contribution in [0, 0.1) is 5.41 Å². The Balaban J connectivity index is 0.000000235. The van der Waals surface area contributed by atoms with Gasteiger partial charge in [0.15, 0.2) is 0 Å². The molecule has 0 saturated heterocycles. The van der Waals surface area contributed by atoms with Crippen molar-refractivity contribution in [2.45, 2.75) is 51.9 Å². The zero-order valence-corrected chi connectivity index (χ0v) is 12.5. The van der Waals surface area contributed by atoms with E-state index in [1.54, 1.807) is 0 Å². The van der Waals surface area contributed by atoms with Gasteiger partial charge in [0.1, 0.15) is 0 Å². The summed E-state index contributed by atoms with van der Waals surface area (Å²) in [5.41, 5.74) is -0.949. The Morgan fingerprint density at radius 1 is 1.05 bits per heavy atom. The van der Waals surface area contributed by atoms with Gasteiger partial charge < -0.3 is 10.2 Å². The maximum atomic E-state index is 10.8. The molecule has 0 aromatic rings. The highest BCUT2D eigenvalue weighted by Crippen LogP contribution is 2.31. The highest BCUT2D eigenvalue weighted by molar-refractivity contribution is 5.90. The van der Waals surface area contributed by atoms with Crippen molar-refractivity contribution in [1.82, 2.24) is 0 Å². The minimum atomic E-state index is -1.08. The maximum absolute atomic E-state index is 10.8. The molecule has 0 fully saturated rings. The predicted molar refractivity (Wildman–Crippen MR) is 82.1 cm³/mol. The van der Waals surface area contributed by atoms with Gasteiger partial charge >= 0.3 is 11.9 Å². The lowest BCUT2D eigenvalue weighted by molar-refractivity contribution is -0.145. The molecule has 0 aliphatic heterocycles. The van der Waals surface area contributed by atoms with Crippen molar-refractivity contribution < 1.29 is 19.8 Å². The summed E-state index contributed by atoms with van der Waals surface area (Å²) in [4.78, 5) is 21.3. The summed E-state index contributed by atoms with van der Waals surface area (Å²) >= 11 is 0. The highest BCUT2D eigenvalue weighted by Gasteiger charge is 2.34. The van der Waals surface area contributed by atoms with E-state index in [0.717, 1.165) is 0 Å². The third kappa shape index (κ3) is 5.98. The van der Waals surface area contributed by atoms with Crippen molar-refractivity contribution in [2.24, 2.45) is 5.41 Å². The first kappa shape index (κ1) is 17.2. The van der Waals surface area contributed by atoms with Crippen LogP contribution in [0.1, 0.15) is 51.9 Å². The molecule has 0 radical (unpaired) electrons. The Morgan fingerprint density at radius 3 is 2.10 bits per heavy atom. The zero-order valence-electron chi connectivity index (χ0n) is 12.5. The van der Waals surface area contributed by atoms with Crippen LogP contribution in [-0.4, -0.2) is 22.2 Å². The second-order valence-corrected chi connectivity index (χ2v) is 5.72. The maximum Gasteiger partial charge on any atom is 0.331 e. The van der Waals surface area contributed by atoms with Gasteiger partial charge in [-0.2, -0.15) is 0 Å². The summed E-state index contributed by atoms with van der Waals surface area (Å²) in [5.74, 6) is -2.06. The second-order valence-electron chi connectivity index (χ2n) is 5.72. The van der Waals surface area contributed by atoms with Gasteiger partial charge in [0.25, 0.3) is 0 Å². The first-order valence-electron chi connectivity index (χ1n) is 7.46. The molecule has 0 amide bonds. The van der Waals surface area contributed by atoms with E-state index in [1.807, 2.05) is 0 Å². The van der Waals surface area contributed by atoms with E-state index in [9.17, 15) is 9.59 Å².